The van der Waals surface area contributed by atoms with Crippen molar-refractivity contribution in [1.29, 1.82) is 0 Å². The van der Waals surface area contributed by atoms with Crippen LogP contribution in [0, 0.1) is 20.8 Å². The number of hydrogen-bond donors (Lipinski definition) is 1. The van der Waals surface area contributed by atoms with Gasteiger partial charge in [-0.05, 0) is 49.9 Å². The standard InChI is InChI=1S/C22H20F3N3O2/c1-5-30-20(29)18-19(22(23,24)25)27-21-26-16-15(14-9-7-6-8-10-14)12(3)11(2)13(4)17(16)28(18)21/h6-10H,5H2,1-4H3,(H,26,27). The topological polar surface area (TPSA) is 59.4 Å². The number of fused-ring (bicyclic) bond motifs is 3. The molecule has 0 spiro atoms. The third-order valence-corrected chi connectivity index (χ3v) is 5.48. The van der Waals surface area contributed by atoms with E-state index in [0.717, 1.165) is 27.8 Å². The van der Waals surface area contributed by atoms with Crippen molar-refractivity contribution in [2.75, 3.05) is 6.61 Å². The smallest absolute Gasteiger partial charge is 0.433 e. The summed E-state index contributed by atoms with van der Waals surface area (Å²) in [7, 11) is 0. The van der Waals surface area contributed by atoms with Crippen LogP contribution in [0.3, 0.4) is 0 Å². The summed E-state index contributed by atoms with van der Waals surface area (Å²) in [4.78, 5) is 19.4. The van der Waals surface area contributed by atoms with Gasteiger partial charge < -0.3 is 9.72 Å². The van der Waals surface area contributed by atoms with Gasteiger partial charge in [0, 0.05) is 5.56 Å². The molecule has 0 aliphatic rings. The van der Waals surface area contributed by atoms with Gasteiger partial charge in [-0.3, -0.25) is 4.40 Å². The fourth-order valence-corrected chi connectivity index (χ4v) is 3.90. The zero-order valence-electron chi connectivity index (χ0n) is 16.9. The highest BCUT2D eigenvalue weighted by molar-refractivity contribution is 6.01. The molecule has 2 aromatic carbocycles. The average molecular weight is 415 g/mol. The van der Waals surface area contributed by atoms with Crippen molar-refractivity contribution in [1.82, 2.24) is 14.4 Å². The van der Waals surface area contributed by atoms with Crippen LogP contribution in [0.15, 0.2) is 30.3 Å². The molecule has 2 aromatic heterocycles. The van der Waals surface area contributed by atoms with Crippen LogP contribution >= 0.6 is 0 Å². The Morgan fingerprint density at radius 2 is 1.77 bits per heavy atom. The van der Waals surface area contributed by atoms with Gasteiger partial charge in [0.1, 0.15) is 0 Å². The first kappa shape index (κ1) is 20.0. The zero-order valence-corrected chi connectivity index (χ0v) is 16.9. The van der Waals surface area contributed by atoms with Crippen LogP contribution in [0.2, 0.25) is 0 Å². The molecule has 5 nitrogen and oxygen atoms in total. The van der Waals surface area contributed by atoms with Crippen molar-refractivity contribution in [2.45, 2.75) is 33.9 Å². The number of hydrogen-bond acceptors (Lipinski definition) is 3. The molecular formula is C22H20F3N3O2. The maximum atomic E-state index is 13.7. The quantitative estimate of drug-likeness (QED) is 0.443. The monoisotopic (exact) mass is 415 g/mol. The van der Waals surface area contributed by atoms with E-state index in [9.17, 15) is 18.0 Å². The lowest BCUT2D eigenvalue weighted by molar-refractivity contribution is -0.141. The summed E-state index contributed by atoms with van der Waals surface area (Å²) in [5.41, 5.74) is 3.64. The Morgan fingerprint density at radius 1 is 1.10 bits per heavy atom. The van der Waals surface area contributed by atoms with Crippen molar-refractivity contribution in [3.05, 3.63) is 58.4 Å². The van der Waals surface area contributed by atoms with Crippen molar-refractivity contribution >= 4 is 22.8 Å². The minimum absolute atomic E-state index is 0.0399. The lowest BCUT2D eigenvalue weighted by atomic mass is 9.92. The van der Waals surface area contributed by atoms with Crippen molar-refractivity contribution in [2.24, 2.45) is 0 Å². The molecule has 0 aliphatic heterocycles. The second-order valence-corrected chi connectivity index (χ2v) is 7.15. The van der Waals surface area contributed by atoms with Crippen molar-refractivity contribution in [3.63, 3.8) is 0 Å². The van der Waals surface area contributed by atoms with Crippen LogP contribution in [0.1, 0.15) is 39.8 Å². The minimum atomic E-state index is -4.76. The number of nitrogens with zero attached hydrogens (tertiary/aromatic N) is 2. The van der Waals surface area contributed by atoms with Crippen LogP contribution < -0.4 is 0 Å². The number of esters is 1. The molecule has 1 N–H and O–H groups in total. The maximum Gasteiger partial charge on any atom is 0.433 e. The Hall–Kier alpha value is -3.29. The average Bonchev–Trinajstić information content (AvgIpc) is 3.23. The Labute approximate surface area is 170 Å². The highest BCUT2D eigenvalue weighted by atomic mass is 19.4. The van der Waals surface area contributed by atoms with Gasteiger partial charge in [0.15, 0.2) is 11.4 Å². The first-order chi connectivity index (χ1) is 14.2. The number of H-pyrrole nitrogens is 1. The summed E-state index contributed by atoms with van der Waals surface area (Å²) in [6.07, 6.45) is -4.76. The molecular weight excluding hydrogens is 395 g/mol. The van der Waals surface area contributed by atoms with E-state index in [0.29, 0.717) is 11.0 Å². The molecule has 0 bridgehead atoms. The summed E-state index contributed by atoms with van der Waals surface area (Å²) >= 11 is 0. The van der Waals surface area contributed by atoms with E-state index in [1.807, 2.05) is 51.1 Å². The minimum Gasteiger partial charge on any atom is -0.461 e. The van der Waals surface area contributed by atoms with E-state index in [1.165, 1.54) is 4.40 Å². The summed E-state index contributed by atoms with van der Waals surface area (Å²) in [5.74, 6) is -1.10. The molecule has 8 heteroatoms. The molecule has 2 heterocycles. The number of aromatic nitrogens is 3. The number of carbonyl (C=O) groups is 1. The summed E-state index contributed by atoms with van der Waals surface area (Å²) in [6, 6.07) is 9.53. The lowest BCUT2D eigenvalue weighted by Crippen LogP contribution is -2.16. The maximum absolute atomic E-state index is 13.7. The fraction of sp³-hybridized carbons (Fsp3) is 0.273. The molecule has 0 fully saturated rings. The van der Waals surface area contributed by atoms with Gasteiger partial charge in [-0.15, -0.1) is 0 Å². The molecule has 0 unspecified atom stereocenters. The van der Waals surface area contributed by atoms with Crippen LogP contribution in [-0.2, 0) is 10.9 Å². The first-order valence-electron chi connectivity index (χ1n) is 9.50. The Kier molecular flexibility index (Phi) is 4.60. The third kappa shape index (κ3) is 2.86. The Bertz CT molecular complexity index is 1280. The summed E-state index contributed by atoms with van der Waals surface area (Å²) in [5, 5.41) is 0. The number of ether oxygens (including phenoxy) is 1. The second kappa shape index (κ2) is 6.90. The number of aromatic amines is 1. The van der Waals surface area contributed by atoms with Crippen LogP contribution in [0.4, 0.5) is 13.2 Å². The number of rotatable bonds is 3. The van der Waals surface area contributed by atoms with E-state index in [4.69, 9.17) is 4.74 Å². The molecule has 0 radical (unpaired) electrons. The lowest BCUT2D eigenvalue weighted by Gasteiger charge is -2.15. The highest BCUT2D eigenvalue weighted by Gasteiger charge is 2.41. The number of aryl methyl sites for hydroxylation is 1. The number of nitrogens with one attached hydrogen (secondary N) is 1. The second-order valence-electron chi connectivity index (χ2n) is 7.15. The van der Waals surface area contributed by atoms with Gasteiger partial charge in [0.05, 0.1) is 17.6 Å². The van der Waals surface area contributed by atoms with Crippen LogP contribution in [0.5, 0.6) is 0 Å². The summed E-state index contributed by atoms with van der Waals surface area (Å²) in [6.45, 7) is 7.21. The molecule has 30 heavy (non-hydrogen) atoms. The largest absolute Gasteiger partial charge is 0.461 e. The molecule has 4 aromatic rings. The predicted octanol–water partition coefficient (Wildman–Crippen LogP) is 5.60. The molecule has 4 rings (SSSR count). The van der Waals surface area contributed by atoms with Crippen LogP contribution in [-0.4, -0.2) is 26.9 Å². The molecule has 0 atom stereocenters. The van der Waals surface area contributed by atoms with Crippen LogP contribution in [0.25, 0.3) is 27.9 Å². The fourth-order valence-electron chi connectivity index (χ4n) is 3.90. The number of carbonyl (C=O) groups excluding carboxylic acids is 1. The van der Waals surface area contributed by atoms with Gasteiger partial charge in [0.2, 0.25) is 5.78 Å². The SMILES string of the molecule is CCOC(=O)c1c(C(F)(F)F)[nH]c2nc3c(-c4ccccc4)c(C)c(C)c(C)c3n12. The van der Waals surface area contributed by atoms with Gasteiger partial charge in [-0.2, -0.15) is 13.2 Å². The number of imidazole rings is 2. The number of alkyl halides is 3. The molecule has 0 aliphatic carbocycles. The van der Waals surface area contributed by atoms with Gasteiger partial charge in [-0.25, -0.2) is 9.78 Å². The van der Waals surface area contributed by atoms with Crippen molar-refractivity contribution < 1.29 is 22.7 Å². The molecule has 0 amide bonds. The van der Waals surface area contributed by atoms with Crippen molar-refractivity contribution in [3.8, 4) is 11.1 Å². The Balaban J connectivity index is 2.20. The van der Waals surface area contributed by atoms with Gasteiger partial charge in [0.25, 0.3) is 0 Å². The molecule has 0 saturated carbocycles. The third-order valence-electron chi connectivity index (χ3n) is 5.48. The number of halogens is 3. The van der Waals surface area contributed by atoms with E-state index >= 15 is 0 Å². The predicted molar refractivity (Wildman–Crippen MR) is 108 cm³/mol. The normalized spacial score (nSPS) is 12.1. The van der Waals surface area contributed by atoms with E-state index in [1.54, 1.807) is 6.92 Å². The highest BCUT2D eigenvalue weighted by Crippen LogP contribution is 2.39. The van der Waals surface area contributed by atoms with E-state index < -0.39 is 23.5 Å². The van der Waals surface area contributed by atoms with E-state index in [2.05, 4.69) is 9.97 Å². The zero-order chi connectivity index (χ0) is 21.8. The summed E-state index contributed by atoms with van der Waals surface area (Å²) < 4.78 is 47.2. The van der Waals surface area contributed by atoms with E-state index in [-0.39, 0.29) is 12.4 Å². The molecule has 156 valence electrons. The Morgan fingerprint density at radius 3 is 2.37 bits per heavy atom. The molecule has 0 saturated heterocycles. The number of benzene rings is 2. The van der Waals surface area contributed by atoms with Gasteiger partial charge in [-0.1, -0.05) is 30.3 Å². The first-order valence-corrected chi connectivity index (χ1v) is 9.50. The van der Waals surface area contributed by atoms with Gasteiger partial charge >= 0.3 is 12.1 Å².